The van der Waals surface area contributed by atoms with E-state index in [0.29, 0.717) is 12.4 Å². The molecular weight excluding hydrogens is 398 g/mol. The zero-order valence-electron chi connectivity index (χ0n) is 16.4. The molecule has 1 N–H and O–H groups in total. The molecule has 29 heavy (non-hydrogen) atoms. The molecule has 9 nitrogen and oxygen atoms in total. The van der Waals surface area contributed by atoms with Crippen molar-refractivity contribution in [3.63, 3.8) is 0 Å². The van der Waals surface area contributed by atoms with Gasteiger partial charge in [0.1, 0.15) is 11.8 Å². The number of ether oxygens (including phenoxy) is 1. The van der Waals surface area contributed by atoms with Gasteiger partial charge < -0.3 is 10.1 Å². The number of nitrogens with zero attached hydrogens (tertiary/aromatic N) is 2. The molecule has 2 rings (SSSR count). The molecule has 0 aromatic heterocycles. The highest BCUT2D eigenvalue weighted by atomic mass is 32.2. The van der Waals surface area contributed by atoms with E-state index < -0.39 is 26.9 Å². The van der Waals surface area contributed by atoms with Crippen molar-refractivity contribution in [2.24, 2.45) is 0 Å². The third-order valence-corrected chi connectivity index (χ3v) is 5.30. The molecule has 0 bridgehead atoms. The van der Waals surface area contributed by atoms with Gasteiger partial charge in [0.05, 0.1) is 23.5 Å². The maximum Gasteiger partial charge on any atom is 0.271 e. The molecule has 1 atom stereocenters. The fraction of sp³-hybridized carbons (Fsp3) is 0.316. The van der Waals surface area contributed by atoms with E-state index in [9.17, 15) is 23.3 Å². The van der Waals surface area contributed by atoms with Crippen molar-refractivity contribution in [3.05, 3.63) is 64.2 Å². The fourth-order valence-electron chi connectivity index (χ4n) is 2.80. The summed E-state index contributed by atoms with van der Waals surface area (Å²) < 4.78 is 30.9. The third-order valence-electron chi connectivity index (χ3n) is 4.06. The second-order valence-electron chi connectivity index (χ2n) is 6.31. The molecule has 0 aliphatic rings. The van der Waals surface area contributed by atoms with Crippen LogP contribution in [0.2, 0.25) is 0 Å². The first kappa shape index (κ1) is 22.2. The highest BCUT2D eigenvalue weighted by Gasteiger charge is 2.29. The lowest BCUT2D eigenvalue weighted by atomic mass is 10.2. The highest BCUT2D eigenvalue weighted by molar-refractivity contribution is 7.92. The minimum Gasteiger partial charge on any atom is -0.494 e. The molecule has 0 saturated heterocycles. The molecule has 10 heteroatoms. The van der Waals surface area contributed by atoms with Crippen molar-refractivity contribution in [2.75, 3.05) is 17.2 Å². The Balaban J connectivity index is 2.20. The van der Waals surface area contributed by atoms with Crippen LogP contribution in [0.5, 0.6) is 5.75 Å². The minimum absolute atomic E-state index is 0.0442. The Morgan fingerprint density at radius 1 is 1.24 bits per heavy atom. The lowest BCUT2D eigenvalue weighted by Crippen LogP contribution is -2.47. The van der Waals surface area contributed by atoms with Gasteiger partial charge in [0.2, 0.25) is 15.9 Å². The van der Waals surface area contributed by atoms with Crippen molar-refractivity contribution in [3.8, 4) is 5.75 Å². The molecule has 0 fully saturated rings. The van der Waals surface area contributed by atoms with Crippen LogP contribution >= 0.6 is 0 Å². The molecule has 0 aliphatic carbocycles. The lowest BCUT2D eigenvalue weighted by molar-refractivity contribution is -0.384. The first-order valence-electron chi connectivity index (χ1n) is 8.86. The number of non-ortho nitro benzene ring substituents is 1. The molecule has 0 spiro atoms. The Kier molecular flexibility index (Phi) is 7.16. The summed E-state index contributed by atoms with van der Waals surface area (Å²) in [5.74, 6) is 0.130. The maximum atomic E-state index is 12.6. The van der Waals surface area contributed by atoms with Crippen LogP contribution in [0, 0.1) is 10.1 Å². The first-order valence-corrected chi connectivity index (χ1v) is 10.7. The summed E-state index contributed by atoms with van der Waals surface area (Å²) in [6, 6.07) is 11.2. The molecule has 0 unspecified atom stereocenters. The monoisotopic (exact) mass is 421 g/mol. The number of carbonyl (C=O) groups excluding carboxylic acids is 1. The highest BCUT2D eigenvalue weighted by Crippen LogP contribution is 2.25. The second-order valence-corrected chi connectivity index (χ2v) is 8.17. The Morgan fingerprint density at radius 3 is 2.55 bits per heavy atom. The molecule has 0 heterocycles. The maximum absolute atomic E-state index is 12.6. The number of nitro benzene ring substituents is 1. The van der Waals surface area contributed by atoms with Crippen LogP contribution in [0.15, 0.2) is 48.5 Å². The van der Waals surface area contributed by atoms with E-state index in [4.69, 9.17) is 4.74 Å². The Bertz CT molecular complexity index is 993. The van der Waals surface area contributed by atoms with Gasteiger partial charge in [0, 0.05) is 18.7 Å². The number of carbonyl (C=O) groups is 1. The summed E-state index contributed by atoms with van der Waals surface area (Å²) in [5.41, 5.74) is 0.567. The van der Waals surface area contributed by atoms with Gasteiger partial charge in [0.15, 0.2) is 0 Å². The van der Waals surface area contributed by atoms with E-state index >= 15 is 0 Å². The second kappa shape index (κ2) is 9.37. The van der Waals surface area contributed by atoms with Crippen LogP contribution in [-0.2, 0) is 21.4 Å². The molecule has 2 aromatic carbocycles. The molecule has 1 amide bonds. The topological polar surface area (TPSA) is 119 Å². The summed E-state index contributed by atoms with van der Waals surface area (Å²) in [5, 5.41) is 13.7. The number of benzene rings is 2. The molecular formula is C19H23N3O6S. The van der Waals surface area contributed by atoms with Crippen molar-refractivity contribution in [1.29, 1.82) is 0 Å². The fourth-order valence-corrected chi connectivity index (χ4v) is 3.97. The smallest absolute Gasteiger partial charge is 0.271 e. The predicted octanol–water partition coefficient (Wildman–Crippen LogP) is 2.46. The number of anilines is 1. The van der Waals surface area contributed by atoms with Crippen molar-refractivity contribution in [1.82, 2.24) is 5.32 Å². The van der Waals surface area contributed by atoms with Gasteiger partial charge in [-0.2, -0.15) is 0 Å². The summed E-state index contributed by atoms with van der Waals surface area (Å²) in [4.78, 5) is 23.0. The van der Waals surface area contributed by atoms with E-state index in [0.717, 1.165) is 22.2 Å². The van der Waals surface area contributed by atoms with E-state index in [1.807, 2.05) is 13.0 Å². The number of hydrogen-bond donors (Lipinski definition) is 1. The number of nitrogens with one attached hydrogen (secondary N) is 1. The Labute approximate surface area is 169 Å². The quantitative estimate of drug-likeness (QED) is 0.491. The van der Waals surface area contributed by atoms with Crippen LogP contribution < -0.4 is 14.4 Å². The number of sulfonamides is 1. The van der Waals surface area contributed by atoms with Gasteiger partial charge in [-0.15, -0.1) is 0 Å². The normalized spacial score (nSPS) is 12.1. The molecule has 0 radical (unpaired) electrons. The van der Waals surface area contributed by atoms with Gasteiger partial charge in [-0.25, -0.2) is 8.42 Å². The zero-order valence-corrected chi connectivity index (χ0v) is 17.2. The van der Waals surface area contributed by atoms with Gasteiger partial charge in [-0.05, 0) is 37.6 Å². The van der Waals surface area contributed by atoms with Gasteiger partial charge >= 0.3 is 0 Å². The van der Waals surface area contributed by atoms with Gasteiger partial charge in [-0.1, -0.05) is 18.2 Å². The summed E-state index contributed by atoms with van der Waals surface area (Å²) in [6.07, 6.45) is 0.946. The van der Waals surface area contributed by atoms with Crippen LogP contribution in [0.1, 0.15) is 19.4 Å². The first-order chi connectivity index (χ1) is 13.6. The van der Waals surface area contributed by atoms with Crippen LogP contribution in [0.25, 0.3) is 0 Å². The number of nitro groups is 1. The minimum atomic E-state index is -3.87. The number of amides is 1. The van der Waals surface area contributed by atoms with Crippen molar-refractivity contribution >= 4 is 27.3 Å². The average Bonchev–Trinajstić information content (AvgIpc) is 2.66. The Morgan fingerprint density at radius 2 is 1.93 bits per heavy atom. The molecule has 2 aromatic rings. The summed E-state index contributed by atoms with van der Waals surface area (Å²) in [7, 11) is -3.87. The lowest BCUT2D eigenvalue weighted by Gasteiger charge is -2.28. The Hall–Kier alpha value is -3.14. The predicted molar refractivity (Wildman–Crippen MR) is 109 cm³/mol. The van der Waals surface area contributed by atoms with E-state index in [2.05, 4.69) is 5.32 Å². The average molecular weight is 421 g/mol. The van der Waals surface area contributed by atoms with E-state index in [-0.39, 0.29) is 17.9 Å². The number of hydrogen-bond acceptors (Lipinski definition) is 6. The molecule has 0 saturated carbocycles. The van der Waals surface area contributed by atoms with Crippen LogP contribution in [0.4, 0.5) is 11.4 Å². The van der Waals surface area contributed by atoms with E-state index in [1.165, 1.54) is 25.1 Å². The molecule has 156 valence electrons. The summed E-state index contributed by atoms with van der Waals surface area (Å²) >= 11 is 0. The van der Waals surface area contributed by atoms with Crippen molar-refractivity contribution < 1.29 is 22.9 Å². The van der Waals surface area contributed by atoms with Crippen LogP contribution in [-0.4, -0.2) is 38.2 Å². The third kappa shape index (κ3) is 5.92. The van der Waals surface area contributed by atoms with E-state index in [1.54, 1.807) is 18.2 Å². The van der Waals surface area contributed by atoms with Crippen LogP contribution in [0.3, 0.4) is 0 Å². The number of rotatable bonds is 9. The summed E-state index contributed by atoms with van der Waals surface area (Å²) in [6.45, 7) is 3.98. The molecule has 0 aliphatic heterocycles. The van der Waals surface area contributed by atoms with Gasteiger partial charge in [0.25, 0.3) is 5.69 Å². The van der Waals surface area contributed by atoms with Crippen molar-refractivity contribution in [2.45, 2.75) is 26.4 Å². The zero-order chi connectivity index (χ0) is 21.6. The largest absolute Gasteiger partial charge is 0.494 e. The standard InChI is InChI=1S/C19H23N3O6S/c1-4-28-18-10-5-7-15(11-18)13-20-19(23)14(2)21(29(3,26)27)16-8-6-9-17(12-16)22(24)25/h5-12,14H,4,13H2,1-3H3,(H,20,23)/t14-/m0/s1. The van der Waals surface area contributed by atoms with Gasteiger partial charge in [-0.3, -0.25) is 19.2 Å². The SMILES string of the molecule is CCOc1cccc(CNC(=O)[C@H](C)N(c2cccc([N+](=O)[O-])c2)S(C)(=O)=O)c1.